The summed E-state index contributed by atoms with van der Waals surface area (Å²) in [4.78, 5) is 12.1. The second-order valence-corrected chi connectivity index (χ2v) is 6.62. The summed E-state index contributed by atoms with van der Waals surface area (Å²) in [5.74, 6) is 0.753. The number of nitrogens with two attached hydrogens (primary N) is 1. The molecule has 2 fully saturated rings. The number of aliphatic hydroxyl groups is 1. The number of esters is 1. The molecule has 4 unspecified atom stereocenters. The predicted octanol–water partition coefficient (Wildman–Crippen LogP) is 1.68. The van der Waals surface area contributed by atoms with E-state index in [9.17, 15) is 9.90 Å². The van der Waals surface area contributed by atoms with Gasteiger partial charge in [0, 0.05) is 7.11 Å². The van der Waals surface area contributed by atoms with Crippen LogP contribution in [0, 0.1) is 17.3 Å². The number of fused-ring (bicyclic) bond motifs is 2. The molecule has 3 N–H and O–H groups in total. The molecule has 0 spiro atoms. The van der Waals surface area contributed by atoms with Crippen molar-refractivity contribution >= 4 is 5.97 Å². The highest BCUT2D eigenvalue weighted by atomic mass is 16.7. The van der Waals surface area contributed by atoms with E-state index in [2.05, 4.69) is 12.7 Å². The maximum Gasteiger partial charge on any atom is 0.314 e. The van der Waals surface area contributed by atoms with E-state index in [1.807, 2.05) is 6.92 Å². The molecule has 2 rings (SSSR count). The molecule has 4 atom stereocenters. The minimum absolute atomic E-state index is 0.00603. The Hall–Kier alpha value is -0.650. The quantitative estimate of drug-likeness (QED) is 0.609. The van der Waals surface area contributed by atoms with Crippen molar-refractivity contribution in [1.29, 1.82) is 0 Å². The van der Waals surface area contributed by atoms with Gasteiger partial charge in [-0.3, -0.25) is 4.79 Å². The summed E-state index contributed by atoms with van der Waals surface area (Å²) in [6.07, 6.45) is 4.09. The third kappa shape index (κ3) is 3.93. The van der Waals surface area contributed by atoms with Crippen LogP contribution >= 0.6 is 0 Å². The first-order valence-corrected chi connectivity index (χ1v) is 7.33. The first kappa shape index (κ1) is 17.4. The molecule has 5 nitrogen and oxygen atoms in total. The first-order chi connectivity index (χ1) is 9.37. The van der Waals surface area contributed by atoms with E-state index >= 15 is 0 Å². The van der Waals surface area contributed by atoms with E-state index in [1.54, 1.807) is 0 Å². The van der Waals surface area contributed by atoms with Crippen LogP contribution in [0.2, 0.25) is 0 Å². The van der Waals surface area contributed by atoms with Crippen molar-refractivity contribution < 1.29 is 19.4 Å². The number of methoxy groups -OCH3 is 1. The van der Waals surface area contributed by atoms with Crippen molar-refractivity contribution in [2.45, 2.75) is 51.6 Å². The van der Waals surface area contributed by atoms with Gasteiger partial charge in [-0.15, -0.1) is 0 Å². The number of ether oxygens (including phenoxy) is 2. The van der Waals surface area contributed by atoms with Gasteiger partial charge in [0.05, 0.1) is 11.0 Å². The molecule has 2 bridgehead atoms. The van der Waals surface area contributed by atoms with Gasteiger partial charge in [0.25, 0.3) is 0 Å². The molecule has 0 saturated heterocycles. The largest absolute Gasteiger partial charge is 0.438 e. The van der Waals surface area contributed by atoms with Gasteiger partial charge in [-0.2, -0.15) is 0 Å². The molecule has 0 heterocycles. The van der Waals surface area contributed by atoms with Crippen molar-refractivity contribution in [2.24, 2.45) is 23.0 Å². The lowest BCUT2D eigenvalue weighted by molar-refractivity contribution is -0.181. The SMILES string of the molecule is CN.COCOC(=O)C1(C)CC2CC(C)CC(O)(C2)C1. The first-order valence-electron chi connectivity index (χ1n) is 7.33. The zero-order chi connectivity index (χ0) is 15.4. The number of carbonyl (C=O) groups is 1. The second-order valence-electron chi connectivity index (χ2n) is 6.62. The zero-order valence-electron chi connectivity index (χ0n) is 13.1. The third-order valence-corrected chi connectivity index (χ3v) is 4.39. The van der Waals surface area contributed by atoms with Crippen molar-refractivity contribution in [3.8, 4) is 0 Å². The lowest BCUT2D eigenvalue weighted by atomic mass is 9.57. The van der Waals surface area contributed by atoms with Gasteiger partial charge < -0.3 is 20.3 Å². The van der Waals surface area contributed by atoms with E-state index in [0.29, 0.717) is 18.3 Å². The monoisotopic (exact) mass is 287 g/mol. The van der Waals surface area contributed by atoms with E-state index in [1.165, 1.54) is 14.2 Å². The van der Waals surface area contributed by atoms with Crippen LogP contribution in [0.15, 0.2) is 0 Å². The van der Waals surface area contributed by atoms with Crippen molar-refractivity contribution in [3.63, 3.8) is 0 Å². The van der Waals surface area contributed by atoms with E-state index in [4.69, 9.17) is 9.47 Å². The van der Waals surface area contributed by atoms with E-state index in [0.717, 1.165) is 25.7 Å². The predicted molar refractivity (Wildman–Crippen MR) is 76.9 cm³/mol. The van der Waals surface area contributed by atoms with Crippen LogP contribution in [0.5, 0.6) is 0 Å². The van der Waals surface area contributed by atoms with Gasteiger partial charge in [0.15, 0.2) is 6.79 Å². The topological polar surface area (TPSA) is 81.8 Å². The van der Waals surface area contributed by atoms with Gasteiger partial charge in [0.2, 0.25) is 0 Å². The Morgan fingerprint density at radius 3 is 2.55 bits per heavy atom. The number of carbonyl (C=O) groups excluding carboxylic acids is 1. The van der Waals surface area contributed by atoms with Crippen molar-refractivity contribution in [3.05, 3.63) is 0 Å². The molecular formula is C15H29NO4. The van der Waals surface area contributed by atoms with Crippen LogP contribution in [0.3, 0.4) is 0 Å². The molecule has 20 heavy (non-hydrogen) atoms. The Morgan fingerprint density at radius 1 is 1.35 bits per heavy atom. The summed E-state index contributed by atoms with van der Waals surface area (Å²) >= 11 is 0. The maximum atomic E-state index is 12.1. The van der Waals surface area contributed by atoms with Crippen LogP contribution in [-0.2, 0) is 14.3 Å². The molecular weight excluding hydrogens is 258 g/mol. The molecule has 2 aliphatic carbocycles. The Bertz CT molecular complexity index is 332. The highest BCUT2D eigenvalue weighted by molar-refractivity contribution is 5.76. The van der Waals surface area contributed by atoms with Crippen LogP contribution in [0.1, 0.15) is 46.0 Å². The fourth-order valence-electron chi connectivity index (χ4n) is 4.18. The minimum atomic E-state index is -0.679. The molecule has 5 heteroatoms. The Labute approximate surface area is 121 Å². The van der Waals surface area contributed by atoms with Crippen molar-refractivity contribution in [1.82, 2.24) is 0 Å². The molecule has 0 radical (unpaired) electrons. The number of hydrogen-bond donors (Lipinski definition) is 2. The molecule has 0 aliphatic heterocycles. The summed E-state index contributed by atoms with van der Waals surface area (Å²) in [6.45, 7) is 4.09. The van der Waals surface area contributed by atoms with Crippen LogP contribution in [0.25, 0.3) is 0 Å². The molecule has 2 aliphatic rings. The second kappa shape index (κ2) is 6.87. The minimum Gasteiger partial charge on any atom is -0.438 e. The summed E-state index contributed by atoms with van der Waals surface area (Å²) in [5, 5.41) is 10.6. The summed E-state index contributed by atoms with van der Waals surface area (Å²) in [7, 11) is 3.00. The molecule has 2 saturated carbocycles. The smallest absolute Gasteiger partial charge is 0.314 e. The molecule has 118 valence electrons. The Kier molecular flexibility index (Phi) is 5.98. The van der Waals surface area contributed by atoms with Gasteiger partial charge in [-0.25, -0.2) is 0 Å². The lowest BCUT2D eigenvalue weighted by Crippen LogP contribution is -2.51. The Morgan fingerprint density at radius 2 is 2.00 bits per heavy atom. The zero-order valence-corrected chi connectivity index (χ0v) is 13.1. The average Bonchev–Trinajstić information content (AvgIpc) is 2.35. The maximum absolute atomic E-state index is 12.1. The number of rotatable bonds is 3. The van der Waals surface area contributed by atoms with Gasteiger partial charge in [-0.05, 0) is 57.9 Å². The molecule has 0 aromatic heterocycles. The van der Waals surface area contributed by atoms with Crippen LogP contribution in [0.4, 0.5) is 0 Å². The molecule has 0 amide bonds. The molecule has 0 aromatic carbocycles. The lowest BCUT2D eigenvalue weighted by Gasteiger charge is -2.50. The van der Waals surface area contributed by atoms with E-state index in [-0.39, 0.29) is 12.8 Å². The van der Waals surface area contributed by atoms with Crippen LogP contribution in [-0.4, -0.2) is 37.6 Å². The highest BCUT2D eigenvalue weighted by Crippen LogP contribution is 2.52. The third-order valence-electron chi connectivity index (χ3n) is 4.39. The standard InChI is InChI=1S/C14H24O4.CH5N/c1-10-4-11-6-13(2,12(15)18-9-17-3)8-14(16,5-10)7-11;1-2/h10-11,16H,4-9H2,1-3H3;2H2,1H3. The fourth-order valence-corrected chi connectivity index (χ4v) is 4.18. The van der Waals surface area contributed by atoms with Gasteiger partial charge in [-0.1, -0.05) is 6.92 Å². The molecule has 0 aromatic rings. The Balaban J connectivity index is 0.000000956. The van der Waals surface area contributed by atoms with E-state index < -0.39 is 11.0 Å². The van der Waals surface area contributed by atoms with Crippen molar-refractivity contribution in [2.75, 3.05) is 21.0 Å². The summed E-state index contributed by atoms with van der Waals surface area (Å²) in [6, 6.07) is 0. The van der Waals surface area contributed by atoms with Gasteiger partial charge >= 0.3 is 5.97 Å². The summed E-state index contributed by atoms with van der Waals surface area (Å²) < 4.78 is 9.88. The van der Waals surface area contributed by atoms with Gasteiger partial charge in [0.1, 0.15) is 0 Å². The highest BCUT2D eigenvalue weighted by Gasteiger charge is 2.52. The summed E-state index contributed by atoms with van der Waals surface area (Å²) in [5.41, 5.74) is 3.26. The fraction of sp³-hybridized carbons (Fsp3) is 0.933. The van der Waals surface area contributed by atoms with Crippen LogP contribution < -0.4 is 5.73 Å². The average molecular weight is 287 g/mol. The normalized spacial score (nSPS) is 39.5. The number of hydrogen-bond acceptors (Lipinski definition) is 5.